The van der Waals surface area contributed by atoms with Crippen LogP contribution in [0.4, 0.5) is 0 Å². The van der Waals surface area contributed by atoms with Gasteiger partial charge in [0.2, 0.25) is 5.91 Å². The van der Waals surface area contributed by atoms with Crippen molar-refractivity contribution in [2.24, 2.45) is 5.92 Å². The lowest BCUT2D eigenvalue weighted by atomic mass is 10.00. The summed E-state index contributed by atoms with van der Waals surface area (Å²) >= 11 is 0. The Morgan fingerprint density at radius 3 is 2.88 bits per heavy atom. The molecule has 3 heterocycles. The fourth-order valence-corrected chi connectivity index (χ4v) is 3.57. The maximum absolute atomic E-state index is 12.6. The molecule has 2 aliphatic rings. The summed E-state index contributed by atoms with van der Waals surface area (Å²) < 4.78 is 13.4. The minimum absolute atomic E-state index is 0.0520. The van der Waals surface area contributed by atoms with E-state index in [1.807, 2.05) is 41.1 Å². The van der Waals surface area contributed by atoms with E-state index in [0.717, 1.165) is 37.4 Å². The van der Waals surface area contributed by atoms with Gasteiger partial charge in [-0.05, 0) is 31.4 Å². The highest BCUT2D eigenvalue weighted by Crippen LogP contribution is 2.30. The van der Waals surface area contributed by atoms with E-state index in [1.54, 1.807) is 6.20 Å². The molecule has 2 aromatic rings. The van der Waals surface area contributed by atoms with Crippen molar-refractivity contribution in [3.8, 4) is 5.69 Å². The predicted molar refractivity (Wildman–Crippen MR) is 92.3 cm³/mol. The topological polar surface area (TPSA) is 65.4 Å². The van der Waals surface area contributed by atoms with Gasteiger partial charge < -0.3 is 19.4 Å². The SMILES string of the molecule is O=C(N[C@H]1CCO[C@@H]1c1nccn1-c1ccccc1)[C@@H]1CCCOC1. The standard InChI is InChI=1S/C19H23N3O3/c23-19(14-5-4-11-24-13-14)21-16-8-12-25-17(16)18-20-9-10-22(18)15-6-2-1-3-7-15/h1-3,6-7,9-10,14,16-17H,4-5,8,11-13H2,(H,21,23)/t14-,16+,17+/m1/s1. The molecule has 0 spiro atoms. The van der Waals surface area contributed by atoms with Crippen LogP contribution < -0.4 is 5.32 Å². The monoisotopic (exact) mass is 341 g/mol. The number of carbonyl (C=O) groups is 1. The van der Waals surface area contributed by atoms with E-state index < -0.39 is 0 Å². The summed E-state index contributed by atoms with van der Waals surface area (Å²) in [6.07, 6.45) is 6.11. The quantitative estimate of drug-likeness (QED) is 0.926. The number of para-hydroxylation sites is 1. The Morgan fingerprint density at radius 1 is 1.20 bits per heavy atom. The molecule has 132 valence electrons. The van der Waals surface area contributed by atoms with Crippen LogP contribution in [0.15, 0.2) is 42.7 Å². The number of benzene rings is 1. The van der Waals surface area contributed by atoms with Gasteiger partial charge in [0.1, 0.15) is 11.9 Å². The highest BCUT2D eigenvalue weighted by atomic mass is 16.5. The Bertz CT molecular complexity index is 710. The molecule has 25 heavy (non-hydrogen) atoms. The van der Waals surface area contributed by atoms with Crippen LogP contribution in [0, 0.1) is 5.92 Å². The van der Waals surface area contributed by atoms with Gasteiger partial charge in [0.25, 0.3) is 0 Å². The molecular weight excluding hydrogens is 318 g/mol. The number of nitrogens with zero attached hydrogens (tertiary/aromatic N) is 2. The van der Waals surface area contributed by atoms with Gasteiger partial charge in [0.05, 0.1) is 18.6 Å². The van der Waals surface area contributed by atoms with Crippen LogP contribution in [0.2, 0.25) is 0 Å². The van der Waals surface area contributed by atoms with Gasteiger partial charge in [-0.2, -0.15) is 0 Å². The molecule has 0 aliphatic carbocycles. The van der Waals surface area contributed by atoms with Gasteiger partial charge in [0.15, 0.2) is 0 Å². The van der Waals surface area contributed by atoms with Crippen molar-refractivity contribution in [2.75, 3.05) is 19.8 Å². The summed E-state index contributed by atoms with van der Waals surface area (Å²) in [5.41, 5.74) is 1.04. The third-order valence-corrected chi connectivity index (χ3v) is 4.91. The Labute approximate surface area is 147 Å². The Hall–Kier alpha value is -2.18. The van der Waals surface area contributed by atoms with Gasteiger partial charge >= 0.3 is 0 Å². The molecule has 1 aromatic carbocycles. The van der Waals surface area contributed by atoms with Crippen molar-refractivity contribution in [1.29, 1.82) is 0 Å². The average Bonchev–Trinajstić information content (AvgIpc) is 3.32. The molecule has 0 saturated carbocycles. The van der Waals surface area contributed by atoms with Crippen molar-refractivity contribution in [2.45, 2.75) is 31.4 Å². The van der Waals surface area contributed by atoms with Crippen LogP contribution in [0.3, 0.4) is 0 Å². The van der Waals surface area contributed by atoms with Crippen LogP contribution in [0.5, 0.6) is 0 Å². The van der Waals surface area contributed by atoms with Gasteiger partial charge in [-0.25, -0.2) is 4.98 Å². The molecule has 2 saturated heterocycles. The maximum atomic E-state index is 12.6. The van der Waals surface area contributed by atoms with Crippen LogP contribution in [0.25, 0.3) is 5.69 Å². The number of amides is 1. The molecule has 6 heteroatoms. The Kier molecular flexibility index (Phi) is 4.81. The second-order valence-corrected chi connectivity index (χ2v) is 6.60. The zero-order valence-electron chi connectivity index (χ0n) is 14.1. The van der Waals surface area contributed by atoms with Crippen molar-refractivity contribution in [1.82, 2.24) is 14.9 Å². The Balaban J connectivity index is 1.50. The van der Waals surface area contributed by atoms with Gasteiger partial charge in [0, 0.05) is 31.3 Å². The first-order valence-corrected chi connectivity index (χ1v) is 8.91. The van der Waals surface area contributed by atoms with Crippen LogP contribution in [-0.4, -0.2) is 41.3 Å². The molecule has 4 rings (SSSR count). The van der Waals surface area contributed by atoms with Crippen LogP contribution >= 0.6 is 0 Å². The molecular formula is C19H23N3O3. The van der Waals surface area contributed by atoms with Crippen molar-refractivity contribution >= 4 is 5.91 Å². The summed E-state index contributed by atoms with van der Waals surface area (Å²) in [5, 5.41) is 3.17. The largest absolute Gasteiger partial charge is 0.381 e. The molecule has 2 fully saturated rings. The number of rotatable bonds is 4. The highest BCUT2D eigenvalue weighted by Gasteiger charge is 2.35. The minimum atomic E-state index is -0.233. The number of imidazole rings is 1. The summed E-state index contributed by atoms with van der Waals surface area (Å²) in [5.74, 6) is 0.843. The lowest BCUT2D eigenvalue weighted by Gasteiger charge is -2.25. The van der Waals surface area contributed by atoms with Crippen molar-refractivity contribution in [3.63, 3.8) is 0 Å². The molecule has 1 amide bonds. The fourth-order valence-electron chi connectivity index (χ4n) is 3.57. The third kappa shape index (κ3) is 3.45. The van der Waals surface area contributed by atoms with E-state index in [0.29, 0.717) is 13.2 Å². The van der Waals surface area contributed by atoms with Gasteiger partial charge in [-0.15, -0.1) is 0 Å². The highest BCUT2D eigenvalue weighted by molar-refractivity contribution is 5.79. The molecule has 1 aromatic heterocycles. The second kappa shape index (κ2) is 7.37. The van der Waals surface area contributed by atoms with Gasteiger partial charge in [-0.1, -0.05) is 18.2 Å². The normalized spacial score (nSPS) is 26.5. The van der Waals surface area contributed by atoms with Crippen LogP contribution in [-0.2, 0) is 14.3 Å². The van der Waals surface area contributed by atoms with Crippen LogP contribution in [0.1, 0.15) is 31.2 Å². The first-order chi connectivity index (χ1) is 12.3. The number of hydrogen-bond acceptors (Lipinski definition) is 4. The summed E-state index contributed by atoms with van der Waals surface area (Å²) in [6.45, 7) is 1.90. The van der Waals surface area contributed by atoms with Gasteiger partial charge in [-0.3, -0.25) is 4.79 Å². The van der Waals surface area contributed by atoms with Crippen molar-refractivity contribution < 1.29 is 14.3 Å². The third-order valence-electron chi connectivity index (χ3n) is 4.91. The van der Waals surface area contributed by atoms with E-state index >= 15 is 0 Å². The number of carbonyl (C=O) groups excluding carboxylic acids is 1. The molecule has 2 aliphatic heterocycles. The summed E-state index contributed by atoms with van der Waals surface area (Å²) in [6, 6.07) is 9.99. The van der Waals surface area contributed by atoms with E-state index in [1.165, 1.54) is 0 Å². The molecule has 1 N–H and O–H groups in total. The minimum Gasteiger partial charge on any atom is -0.381 e. The zero-order chi connectivity index (χ0) is 17.1. The Morgan fingerprint density at radius 2 is 2.08 bits per heavy atom. The molecule has 0 unspecified atom stereocenters. The first-order valence-electron chi connectivity index (χ1n) is 8.91. The zero-order valence-corrected chi connectivity index (χ0v) is 14.1. The molecule has 0 bridgehead atoms. The average molecular weight is 341 g/mol. The second-order valence-electron chi connectivity index (χ2n) is 6.60. The van der Waals surface area contributed by atoms with E-state index in [-0.39, 0.29) is 24.0 Å². The van der Waals surface area contributed by atoms with E-state index in [9.17, 15) is 4.79 Å². The molecule has 0 radical (unpaired) electrons. The molecule has 6 nitrogen and oxygen atoms in total. The van der Waals surface area contributed by atoms with Crippen molar-refractivity contribution in [3.05, 3.63) is 48.5 Å². The molecule has 3 atom stereocenters. The van der Waals surface area contributed by atoms with E-state index in [2.05, 4.69) is 10.3 Å². The smallest absolute Gasteiger partial charge is 0.225 e. The first kappa shape index (κ1) is 16.3. The summed E-state index contributed by atoms with van der Waals surface area (Å²) in [4.78, 5) is 17.1. The number of hydrogen-bond donors (Lipinski definition) is 1. The van der Waals surface area contributed by atoms with E-state index in [4.69, 9.17) is 9.47 Å². The lowest BCUT2D eigenvalue weighted by Crippen LogP contribution is -2.43. The number of ether oxygens (including phenoxy) is 2. The number of nitrogens with one attached hydrogen (secondary N) is 1. The maximum Gasteiger partial charge on any atom is 0.225 e. The summed E-state index contributed by atoms with van der Waals surface area (Å²) in [7, 11) is 0. The fraction of sp³-hybridized carbons (Fsp3) is 0.474. The lowest BCUT2D eigenvalue weighted by molar-refractivity contribution is -0.130. The number of aromatic nitrogens is 2. The predicted octanol–water partition coefficient (Wildman–Crippen LogP) is 2.25.